The summed E-state index contributed by atoms with van der Waals surface area (Å²) in [5.41, 5.74) is -0.476. The number of fused-ring (bicyclic) bond motifs is 1. The molecule has 2 N–H and O–H groups in total. The number of aromatic hydroxyl groups is 1. The van der Waals surface area contributed by atoms with Crippen molar-refractivity contribution in [3.8, 4) is 5.75 Å². The van der Waals surface area contributed by atoms with E-state index in [9.17, 15) is 18.3 Å². The number of nitrogens with zero attached hydrogens (tertiary/aromatic N) is 1. The minimum Gasteiger partial charge on any atom is -0.505 e. The fourth-order valence-electron chi connectivity index (χ4n) is 2.25. The molecule has 0 radical (unpaired) electrons. The second kappa shape index (κ2) is 5.36. The second-order valence-electron chi connectivity index (χ2n) is 4.83. The lowest BCUT2D eigenvalue weighted by Crippen LogP contribution is -2.03. The lowest BCUT2D eigenvalue weighted by Gasteiger charge is -2.08. The number of aromatic carboxylic acids is 1. The van der Waals surface area contributed by atoms with E-state index in [-0.39, 0.29) is 15.2 Å². The number of carboxylic acid groups (broad SMARTS) is 1. The van der Waals surface area contributed by atoms with E-state index in [0.29, 0.717) is 5.39 Å². The van der Waals surface area contributed by atoms with E-state index in [2.05, 4.69) is 4.98 Å². The van der Waals surface area contributed by atoms with Gasteiger partial charge < -0.3 is 10.2 Å². The minimum absolute atomic E-state index is 0.0421. The van der Waals surface area contributed by atoms with Crippen LogP contribution in [-0.4, -0.2) is 29.6 Å². The number of pyridine rings is 1. The number of benzene rings is 2. The van der Waals surface area contributed by atoms with E-state index >= 15 is 0 Å². The van der Waals surface area contributed by atoms with Gasteiger partial charge in [-0.2, -0.15) is 0 Å². The van der Waals surface area contributed by atoms with Crippen molar-refractivity contribution in [3.63, 3.8) is 0 Å². The van der Waals surface area contributed by atoms with Gasteiger partial charge in [-0.15, -0.1) is 0 Å². The summed E-state index contributed by atoms with van der Waals surface area (Å²) in [6, 6.07) is 12.0. The van der Waals surface area contributed by atoms with E-state index in [4.69, 9.17) is 5.11 Å². The van der Waals surface area contributed by atoms with Crippen molar-refractivity contribution < 1.29 is 23.4 Å². The zero-order valence-electron chi connectivity index (χ0n) is 11.7. The van der Waals surface area contributed by atoms with Crippen molar-refractivity contribution in [2.45, 2.75) is 9.79 Å². The van der Waals surface area contributed by atoms with Crippen LogP contribution in [0.25, 0.3) is 10.8 Å². The molecule has 0 amide bonds. The molecule has 3 rings (SSSR count). The van der Waals surface area contributed by atoms with Crippen LogP contribution in [-0.2, 0) is 9.84 Å². The number of rotatable bonds is 3. The fraction of sp³-hybridized carbons (Fsp3) is 0. The van der Waals surface area contributed by atoms with Crippen LogP contribution < -0.4 is 0 Å². The highest BCUT2D eigenvalue weighted by atomic mass is 32.2. The summed E-state index contributed by atoms with van der Waals surface area (Å²) in [5.74, 6) is -1.84. The molecule has 0 saturated heterocycles. The molecule has 0 atom stereocenters. The van der Waals surface area contributed by atoms with Crippen molar-refractivity contribution in [2.24, 2.45) is 0 Å². The summed E-state index contributed by atoms with van der Waals surface area (Å²) >= 11 is 0. The van der Waals surface area contributed by atoms with E-state index in [1.165, 1.54) is 36.5 Å². The van der Waals surface area contributed by atoms with Gasteiger partial charge in [0.25, 0.3) is 0 Å². The first-order valence-corrected chi connectivity index (χ1v) is 8.05. The number of sulfone groups is 1. The molecule has 0 unspecified atom stereocenters. The highest BCUT2D eigenvalue weighted by molar-refractivity contribution is 7.91. The molecule has 0 fully saturated rings. The molecule has 0 saturated carbocycles. The van der Waals surface area contributed by atoms with Crippen LogP contribution in [0.1, 0.15) is 10.5 Å². The van der Waals surface area contributed by atoms with Crippen LogP contribution in [0, 0.1) is 0 Å². The molecule has 6 nitrogen and oxygen atoms in total. The molecule has 1 heterocycles. The average Bonchev–Trinajstić information content (AvgIpc) is 2.55. The Kier molecular flexibility index (Phi) is 3.49. The summed E-state index contributed by atoms with van der Waals surface area (Å²) in [5, 5.41) is 19.4. The van der Waals surface area contributed by atoms with Gasteiger partial charge in [-0.05, 0) is 30.3 Å². The molecule has 3 aromatic rings. The predicted octanol–water partition coefficient (Wildman–Crippen LogP) is 2.47. The van der Waals surface area contributed by atoms with Gasteiger partial charge in [-0.1, -0.05) is 18.2 Å². The standard InChI is InChI=1S/C16H11NO5S/c18-15-13-7-6-12(8-10(13)9-17-14(15)16(19)20)23(21,22)11-4-2-1-3-5-11/h1-9,18H,(H,19,20). The van der Waals surface area contributed by atoms with Crippen LogP contribution in [0.15, 0.2) is 64.5 Å². The Labute approximate surface area is 131 Å². The molecule has 0 aliphatic carbocycles. The summed E-state index contributed by atoms with van der Waals surface area (Å²) in [6.45, 7) is 0. The van der Waals surface area contributed by atoms with Crippen LogP contribution >= 0.6 is 0 Å². The molecule has 0 aliphatic rings. The van der Waals surface area contributed by atoms with Gasteiger partial charge in [-0.25, -0.2) is 18.2 Å². The largest absolute Gasteiger partial charge is 0.505 e. The molecule has 0 aliphatic heterocycles. The molecule has 7 heteroatoms. The Morgan fingerprint density at radius 1 is 1.00 bits per heavy atom. The molecule has 0 spiro atoms. The third-order valence-corrected chi connectivity index (χ3v) is 5.17. The normalized spacial score (nSPS) is 11.5. The zero-order chi connectivity index (χ0) is 16.6. The molecule has 2 aromatic carbocycles. The zero-order valence-corrected chi connectivity index (χ0v) is 12.5. The van der Waals surface area contributed by atoms with E-state index < -0.39 is 27.2 Å². The van der Waals surface area contributed by atoms with Crippen LogP contribution in [0.4, 0.5) is 0 Å². The molecular weight excluding hydrogens is 318 g/mol. The minimum atomic E-state index is -3.70. The van der Waals surface area contributed by atoms with Crippen molar-refractivity contribution in [1.82, 2.24) is 4.98 Å². The monoisotopic (exact) mass is 329 g/mol. The van der Waals surface area contributed by atoms with Crippen LogP contribution in [0.3, 0.4) is 0 Å². The molecular formula is C16H11NO5S. The van der Waals surface area contributed by atoms with Gasteiger partial charge >= 0.3 is 5.97 Å². The molecule has 1 aromatic heterocycles. The van der Waals surface area contributed by atoms with Crippen LogP contribution in [0.5, 0.6) is 5.75 Å². The van der Waals surface area contributed by atoms with Crippen LogP contribution in [0.2, 0.25) is 0 Å². The first-order valence-electron chi connectivity index (χ1n) is 6.56. The van der Waals surface area contributed by atoms with E-state index in [0.717, 1.165) is 0 Å². The fourth-order valence-corrected chi connectivity index (χ4v) is 3.56. The summed E-state index contributed by atoms with van der Waals surface area (Å²) in [7, 11) is -3.70. The van der Waals surface area contributed by atoms with Gasteiger partial charge in [0.15, 0.2) is 11.4 Å². The maximum atomic E-state index is 12.6. The first-order chi connectivity index (χ1) is 10.9. The summed E-state index contributed by atoms with van der Waals surface area (Å²) < 4.78 is 25.1. The maximum Gasteiger partial charge on any atom is 0.358 e. The number of hydrogen-bond donors (Lipinski definition) is 2. The van der Waals surface area contributed by atoms with Crippen molar-refractivity contribution in [2.75, 3.05) is 0 Å². The Bertz CT molecular complexity index is 1010. The number of carbonyl (C=O) groups is 1. The molecule has 116 valence electrons. The lowest BCUT2D eigenvalue weighted by atomic mass is 10.1. The smallest absolute Gasteiger partial charge is 0.358 e. The molecule has 23 heavy (non-hydrogen) atoms. The second-order valence-corrected chi connectivity index (χ2v) is 6.78. The average molecular weight is 329 g/mol. The van der Waals surface area contributed by atoms with Gasteiger partial charge in [-0.3, -0.25) is 0 Å². The quantitative estimate of drug-likeness (QED) is 0.765. The predicted molar refractivity (Wildman–Crippen MR) is 82.3 cm³/mol. The maximum absolute atomic E-state index is 12.6. The first kappa shape index (κ1) is 15.0. The summed E-state index contributed by atoms with van der Waals surface area (Å²) in [6.07, 6.45) is 1.22. The number of hydrogen-bond acceptors (Lipinski definition) is 5. The van der Waals surface area contributed by atoms with Gasteiger partial charge in [0.05, 0.1) is 9.79 Å². The third-order valence-electron chi connectivity index (χ3n) is 3.40. The topological polar surface area (TPSA) is 105 Å². The number of carboxylic acids is 1. The highest BCUT2D eigenvalue weighted by Crippen LogP contribution is 2.30. The molecule has 0 bridgehead atoms. The lowest BCUT2D eigenvalue weighted by molar-refractivity contribution is 0.0687. The Morgan fingerprint density at radius 3 is 2.35 bits per heavy atom. The number of aromatic nitrogens is 1. The van der Waals surface area contributed by atoms with Gasteiger partial charge in [0, 0.05) is 17.0 Å². The summed E-state index contributed by atoms with van der Waals surface area (Å²) in [4.78, 5) is 14.8. The Balaban J connectivity index is 2.19. The van der Waals surface area contributed by atoms with Crippen molar-refractivity contribution >= 4 is 26.6 Å². The van der Waals surface area contributed by atoms with Crippen molar-refractivity contribution in [1.29, 1.82) is 0 Å². The van der Waals surface area contributed by atoms with Gasteiger partial charge in [0.1, 0.15) is 0 Å². The SMILES string of the molecule is O=C(O)c1ncc2cc(S(=O)(=O)c3ccccc3)ccc2c1O. The Hall–Kier alpha value is -2.93. The third kappa shape index (κ3) is 2.51. The van der Waals surface area contributed by atoms with Crippen molar-refractivity contribution in [3.05, 3.63) is 60.4 Å². The van der Waals surface area contributed by atoms with Gasteiger partial charge in [0.2, 0.25) is 9.84 Å². The highest BCUT2D eigenvalue weighted by Gasteiger charge is 2.20. The Morgan fingerprint density at radius 2 is 1.70 bits per heavy atom. The van der Waals surface area contributed by atoms with E-state index in [1.807, 2.05) is 0 Å². The van der Waals surface area contributed by atoms with E-state index in [1.54, 1.807) is 18.2 Å².